The Morgan fingerprint density at radius 3 is 2.67 bits per heavy atom. The predicted molar refractivity (Wildman–Crippen MR) is 42.7 cm³/mol. The summed E-state index contributed by atoms with van der Waals surface area (Å²) in [5.74, 6) is 0.955. The fourth-order valence-electron chi connectivity index (χ4n) is 0.390. The average Bonchev–Trinajstić information content (AvgIpc) is 1.87. The minimum absolute atomic E-state index is 0.870. The molecule has 0 saturated carbocycles. The maximum atomic E-state index is 10.8. The Morgan fingerprint density at radius 2 is 2.33 bits per heavy atom. The van der Waals surface area contributed by atoms with E-state index < -0.39 is 8.00 Å². The molecule has 0 aliphatic heterocycles. The standard InChI is InChI=1S/C5H11O2PS/c1-4-9-5(2)8(6)7-3/h4H2,1-3H3. The number of rotatable bonds is 3. The molecule has 0 aromatic heterocycles. The molecular formula is C5H11O2PS. The van der Waals surface area contributed by atoms with Crippen molar-refractivity contribution in [3.63, 3.8) is 0 Å². The van der Waals surface area contributed by atoms with E-state index in [0.29, 0.717) is 0 Å². The van der Waals surface area contributed by atoms with Crippen molar-refractivity contribution in [2.24, 2.45) is 0 Å². The summed E-state index contributed by atoms with van der Waals surface area (Å²) in [6.07, 6.45) is 0. The zero-order chi connectivity index (χ0) is 7.28. The van der Waals surface area contributed by atoms with Crippen LogP contribution in [0.3, 0.4) is 0 Å². The minimum atomic E-state index is -1.52. The van der Waals surface area contributed by atoms with Crippen molar-refractivity contribution in [2.45, 2.75) is 13.8 Å². The third-order valence-electron chi connectivity index (χ3n) is 0.776. The summed E-state index contributed by atoms with van der Waals surface area (Å²) in [5.41, 5.74) is 0. The summed E-state index contributed by atoms with van der Waals surface area (Å²) in [7, 11) is -0.0590. The highest BCUT2D eigenvalue weighted by Crippen LogP contribution is 2.20. The summed E-state index contributed by atoms with van der Waals surface area (Å²) in [4.78, 5) is 10.8. The van der Waals surface area contributed by atoms with Gasteiger partial charge in [-0.05, 0) is 5.75 Å². The van der Waals surface area contributed by atoms with Gasteiger partial charge in [0.25, 0.3) is 0 Å². The summed E-state index contributed by atoms with van der Waals surface area (Å²) in [6, 6.07) is 0. The molecule has 0 N–H and O–H groups in total. The molecule has 0 aromatic rings. The molecule has 0 fully saturated rings. The maximum Gasteiger partial charge on any atom is 0.230 e. The Bertz CT molecular complexity index is 114. The van der Waals surface area contributed by atoms with E-state index in [1.54, 1.807) is 11.8 Å². The van der Waals surface area contributed by atoms with Crippen molar-refractivity contribution in [3.05, 3.63) is 0 Å². The molecular weight excluding hydrogens is 155 g/mol. The van der Waals surface area contributed by atoms with Gasteiger partial charge in [-0.15, -0.1) is 0 Å². The number of hydrogen-bond acceptors (Lipinski definition) is 3. The normalized spacial score (nSPS) is 13.3. The Morgan fingerprint density at radius 1 is 1.78 bits per heavy atom. The van der Waals surface area contributed by atoms with Gasteiger partial charge in [0.1, 0.15) is 0 Å². The smallest absolute Gasteiger partial charge is 0.230 e. The first kappa shape index (κ1) is 9.44. The van der Waals surface area contributed by atoms with Gasteiger partial charge in [0.05, 0.1) is 7.11 Å². The van der Waals surface area contributed by atoms with Crippen LogP contribution in [0, 0.1) is 0 Å². The fourth-order valence-corrected chi connectivity index (χ4v) is 2.10. The van der Waals surface area contributed by atoms with E-state index in [0.717, 1.165) is 10.4 Å². The van der Waals surface area contributed by atoms with Crippen LogP contribution in [0.1, 0.15) is 13.8 Å². The summed E-state index contributed by atoms with van der Waals surface area (Å²) < 4.78 is 5.49. The fraction of sp³-hybridized carbons (Fsp3) is 0.800. The lowest BCUT2D eigenvalue weighted by Crippen LogP contribution is -1.96. The Kier molecular flexibility index (Phi) is 5.50. The lowest BCUT2D eigenvalue weighted by atomic mass is 11.0. The third-order valence-corrected chi connectivity index (χ3v) is 3.16. The van der Waals surface area contributed by atoms with Gasteiger partial charge in [-0.25, -0.2) is 0 Å². The van der Waals surface area contributed by atoms with Crippen LogP contribution in [0.4, 0.5) is 0 Å². The molecule has 0 spiro atoms. The Balaban J connectivity index is 3.78. The summed E-state index contributed by atoms with van der Waals surface area (Å²) >= 11 is 1.57. The highest BCUT2D eigenvalue weighted by Gasteiger charge is 2.01. The monoisotopic (exact) mass is 166 g/mol. The highest BCUT2D eigenvalue weighted by atomic mass is 32.2. The highest BCUT2D eigenvalue weighted by molar-refractivity contribution is 8.18. The first-order chi connectivity index (χ1) is 4.22. The second-order valence-electron chi connectivity index (χ2n) is 1.39. The average molecular weight is 166 g/mol. The van der Waals surface area contributed by atoms with Crippen LogP contribution in [0.5, 0.6) is 0 Å². The van der Waals surface area contributed by atoms with Crippen LogP contribution in [-0.2, 0) is 4.52 Å². The quantitative estimate of drug-likeness (QED) is 0.590. The molecule has 0 aliphatic rings. The van der Waals surface area contributed by atoms with Gasteiger partial charge in [0.2, 0.25) is 8.00 Å². The molecule has 2 nitrogen and oxygen atoms in total. The lowest BCUT2D eigenvalue weighted by molar-refractivity contribution is -0.170. The molecule has 0 aliphatic carbocycles. The van der Waals surface area contributed by atoms with Crippen LogP contribution >= 0.6 is 19.8 Å². The van der Waals surface area contributed by atoms with E-state index in [1.807, 2.05) is 13.8 Å². The molecule has 4 heteroatoms. The first-order valence-electron chi connectivity index (χ1n) is 2.70. The van der Waals surface area contributed by atoms with Gasteiger partial charge in [-0.3, -0.25) is 0 Å². The largest absolute Gasteiger partial charge is 0.602 e. The molecule has 54 valence electrons. The van der Waals surface area contributed by atoms with Crippen molar-refractivity contribution >= 4 is 24.4 Å². The molecule has 0 heterocycles. The summed E-state index contributed by atoms with van der Waals surface area (Å²) in [6.45, 7) is 3.85. The molecule has 0 aromatic carbocycles. The molecule has 0 radical (unpaired) electrons. The predicted octanol–water partition coefficient (Wildman–Crippen LogP) is 1.21. The molecule has 1 unspecified atom stereocenters. The van der Waals surface area contributed by atoms with E-state index in [9.17, 15) is 4.89 Å². The minimum Gasteiger partial charge on any atom is -0.602 e. The van der Waals surface area contributed by atoms with Gasteiger partial charge in [-0.1, -0.05) is 18.7 Å². The van der Waals surface area contributed by atoms with Crippen LogP contribution in [0.2, 0.25) is 0 Å². The molecule has 0 amide bonds. The second kappa shape index (κ2) is 5.24. The molecule has 1 atom stereocenters. The third kappa shape index (κ3) is 3.93. The van der Waals surface area contributed by atoms with E-state index >= 15 is 0 Å². The lowest BCUT2D eigenvalue weighted by Gasteiger charge is -1.95. The topological polar surface area (TPSA) is 32.3 Å². The van der Waals surface area contributed by atoms with Gasteiger partial charge in [0.15, 0.2) is 4.63 Å². The van der Waals surface area contributed by atoms with Crippen molar-refractivity contribution in [1.29, 1.82) is 0 Å². The van der Waals surface area contributed by atoms with Gasteiger partial charge in [0, 0.05) is 6.92 Å². The van der Waals surface area contributed by atoms with Gasteiger partial charge in [-0.2, -0.15) is 4.52 Å². The maximum absolute atomic E-state index is 10.8. The van der Waals surface area contributed by atoms with Crippen LogP contribution in [0.15, 0.2) is 0 Å². The molecule has 9 heavy (non-hydrogen) atoms. The van der Waals surface area contributed by atoms with Crippen molar-refractivity contribution in [2.75, 3.05) is 12.9 Å². The Hall–Kier alpha value is 0.440. The first-order valence-corrected chi connectivity index (χ1v) is 4.86. The van der Waals surface area contributed by atoms with E-state index in [2.05, 4.69) is 4.52 Å². The zero-order valence-electron chi connectivity index (χ0n) is 5.88. The molecule has 0 bridgehead atoms. The van der Waals surface area contributed by atoms with Crippen molar-refractivity contribution in [1.82, 2.24) is 0 Å². The zero-order valence-corrected chi connectivity index (χ0v) is 7.59. The molecule has 0 rings (SSSR count). The van der Waals surface area contributed by atoms with Gasteiger partial charge < -0.3 is 4.89 Å². The van der Waals surface area contributed by atoms with Crippen molar-refractivity contribution in [3.8, 4) is 0 Å². The molecule has 0 saturated heterocycles. The van der Waals surface area contributed by atoms with Crippen LogP contribution < -0.4 is 4.89 Å². The van der Waals surface area contributed by atoms with E-state index in [1.165, 1.54) is 7.11 Å². The second-order valence-corrected chi connectivity index (χ2v) is 4.72. The van der Waals surface area contributed by atoms with Crippen molar-refractivity contribution < 1.29 is 9.42 Å². The number of hydrogen-bond donors (Lipinski definition) is 0. The summed E-state index contributed by atoms with van der Waals surface area (Å²) in [5, 5.41) is 0. The van der Waals surface area contributed by atoms with Crippen LogP contribution in [0.25, 0.3) is 0 Å². The van der Waals surface area contributed by atoms with Gasteiger partial charge >= 0.3 is 0 Å². The van der Waals surface area contributed by atoms with E-state index in [-0.39, 0.29) is 0 Å². The SMILES string of the molecule is CCSC(C)=[P+]([O-])OC. The van der Waals surface area contributed by atoms with Crippen LogP contribution in [-0.4, -0.2) is 17.5 Å². The van der Waals surface area contributed by atoms with E-state index in [4.69, 9.17) is 0 Å². The Labute approximate surface area is 61.2 Å². The number of thioether (sulfide) groups is 1.